The SMILES string of the molecule is C[C@H](N)C(=O)Nc1ccc(CN2CCN(Cc3ccccc3)CC2)cc1. The number of carbonyl (C=O) groups excluding carboxylic acids is 1. The molecule has 5 nitrogen and oxygen atoms in total. The highest BCUT2D eigenvalue weighted by Crippen LogP contribution is 2.14. The Morgan fingerprint density at radius 2 is 1.42 bits per heavy atom. The maximum Gasteiger partial charge on any atom is 0.240 e. The highest BCUT2D eigenvalue weighted by Gasteiger charge is 2.17. The molecule has 0 spiro atoms. The first-order chi connectivity index (χ1) is 12.6. The number of carbonyl (C=O) groups is 1. The summed E-state index contributed by atoms with van der Waals surface area (Å²) in [5.74, 6) is -0.160. The molecule has 1 fully saturated rings. The summed E-state index contributed by atoms with van der Waals surface area (Å²) in [5, 5.41) is 2.82. The van der Waals surface area contributed by atoms with Crippen LogP contribution in [0.5, 0.6) is 0 Å². The first-order valence-corrected chi connectivity index (χ1v) is 9.24. The molecule has 5 heteroatoms. The molecule has 2 aromatic carbocycles. The van der Waals surface area contributed by atoms with Crippen LogP contribution in [0, 0.1) is 0 Å². The molecule has 1 aliphatic rings. The molecule has 0 bridgehead atoms. The van der Waals surface area contributed by atoms with E-state index < -0.39 is 6.04 Å². The van der Waals surface area contributed by atoms with Gasteiger partial charge in [-0.25, -0.2) is 0 Å². The Morgan fingerprint density at radius 3 is 1.92 bits per heavy atom. The molecule has 0 radical (unpaired) electrons. The topological polar surface area (TPSA) is 61.6 Å². The predicted octanol–water partition coefficient (Wildman–Crippen LogP) is 2.29. The second kappa shape index (κ2) is 8.94. The molecule has 2 aromatic rings. The smallest absolute Gasteiger partial charge is 0.240 e. The zero-order valence-corrected chi connectivity index (χ0v) is 15.4. The Kier molecular flexibility index (Phi) is 6.39. The van der Waals surface area contributed by atoms with Gasteiger partial charge in [-0.3, -0.25) is 14.6 Å². The van der Waals surface area contributed by atoms with Crippen LogP contribution in [0.2, 0.25) is 0 Å². The molecule has 3 N–H and O–H groups in total. The van der Waals surface area contributed by atoms with Gasteiger partial charge in [0.05, 0.1) is 6.04 Å². The van der Waals surface area contributed by atoms with Gasteiger partial charge in [-0.15, -0.1) is 0 Å². The summed E-state index contributed by atoms with van der Waals surface area (Å²) in [7, 11) is 0. The lowest BCUT2D eigenvalue weighted by Gasteiger charge is -2.34. The molecule has 0 aromatic heterocycles. The largest absolute Gasteiger partial charge is 0.325 e. The fourth-order valence-corrected chi connectivity index (χ4v) is 3.15. The maximum absolute atomic E-state index is 11.6. The van der Waals surface area contributed by atoms with Crippen molar-refractivity contribution >= 4 is 11.6 Å². The van der Waals surface area contributed by atoms with Crippen molar-refractivity contribution in [2.45, 2.75) is 26.1 Å². The van der Waals surface area contributed by atoms with Gasteiger partial charge in [0.2, 0.25) is 5.91 Å². The third-order valence-corrected chi connectivity index (χ3v) is 4.76. The zero-order chi connectivity index (χ0) is 18.4. The number of piperazine rings is 1. The molecule has 1 heterocycles. The number of benzene rings is 2. The van der Waals surface area contributed by atoms with Crippen LogP contribution in [-0.4, -0.2) is 47.9 Å². The molecule has 1 amide bonds. The van der Waals surface area contributed by atoms with E-state index >= 15 is 0 Å². The molecule has 26 heavy (non-hydrogen) atoms. The molecule has 1 saturated heterocycles. The van der Waals surface area contributed by atoms with Crippen LogP contribution in [-0.2, 0) is 17.9 Å². The summed E-state index contributed by atoms with van der Waals surface area (Å²) in [5.41, 5.74) is 9.01. The van der Waals surface area contributed by atoms with Gasteiger partial charge in [0.25, 0.3) is 0 Å². The number of amides is 1. The number of hydrogen-bond acceptors (Lipinski definition) is 4. The molecule has 138 valence electrons. The zero-order valence-electron chi connectivity index (χ0n) is 15.4. The van der Waals surface area contributed by atoms with Crippen LogP contribution in [0.3, 0.4) is 0 Å². The summed E-state index contributed by atoms with van der Waals surface area (Å²) >= 11 is 0. The van der Waals surface area contributed by atoms with Crippen molar-refractivity contribution in [2.75, 3.05) is 31.5 Å². The van der Waals surface area contributed by atoms with Crippen molar-refractivity contribution in [1.29, 1.82) is 0 Å². The molecule has 0 aliphatic carbocycles. The van der Waals surface area contributed by atoms with Crippen molar-refractivity contribution in [3.63, 3.8) is 0 Å². The van der Waals surface area contributed by atoms with E-state index in [0.717, 1.165) is 45.0 Å². The van der Waals surface area contributed by atoms with E-state index in [2.05, 4.69) is 57.6 Å². The van der Waals surface area contributed by atoms with E-state index in [9.17, 15) is 4.79 Å². The van der Waals surface area contributed by atoms with Crippen LogP contribution in [0.15, 0.2) is 54.6 Å². The third-order valence-electron chi connectivity index (χ3n) is 4.76. The molecule has 3 rings (SSSR count). The van der Waals surface area contributed by atoms with E-state index in [4.69, 9.17) is 5.73 Å². The van der Waals surface area contributed by atoms with Crippen molar-refractivity contribution in [3.8, 4) is 0 Å². The second-order valence-electron chi connectivity index (χ2n) is 7.01. The lowest BCUT2D eigenvalue weighted by Crippen LogP contribution is -2.45. The number of anilines is 1. The Hall–Kier alpha value is -2.21. The van der Waals surface area contributed by atoms with Gasteiger partial charge in [0, 0.05) is 45.0 Å². The quantitative estimate of drug-likeness (QED) is 0.837. The lowest BCUT2D eigenvalue weighted by molar-refractivity contribution is -0.117. The lowest BCUT2D eigenvalue weighted by atomic mass is 10.1. The Morgan fingerprint density at radius 1 is 0.923 bits per heavy atom. The van der Waals surface area contributed by atoms with Crippen molar-refractivity contribution in [2.24, 2.45) is 5.73 Å². The second-order valence-corrected chi connectivity index (χ2v) is 7.01. The minimum atomic E-state index is -0.498. The highest BCUT2D eigenvalue weighted by atomic mass is 16.2. The number of hydrogen-bond donors (Lipinski definition) is 2. The van der Waals surface area contributed by atoms with Gasteiger partial charge in [-0.05, 0) is 30.2 Å². The van der Waals surface area contributed by atoms with Crippen LogP contribution < -0.4 is 11.1 Å². The molecule has 1 aliphatic heterocycles. The minimum Gasteiger partial charge on any atom is -0.325 e. The molecular weight excluding hydrogens is 324 g/mol. The van der Waals surface area contributed by atoms with Crippen LogP contribution in [0.25, 0.3) is 0 Å². The van der Waals surface area contributed by atoms with Crippen molar-refractivity contribution < 1.29 is 4.79 Å². The van der Waals surface area contributed by atoms with Gasteiger partial charge in [-0.2, -0.15) is 0 Å². The summed E-state index contributed by atoms with van der Waals surface area (Å²) in [6.07, 6.45) is 0. The number of nitrogens with zero attached hydrogens (tertiary/aromatic N) is 2. The predicted molar refractivity (Wildman–Crippen MR) is 106 cm³/mol. The first-order valence-electron chi connectivity index (χ1n) is 9.24. The summed E-state index contributed by atoms with van der Waals surface area (Å²) < 4.78 is 0. The monoisotopic (exact) mass is 352 g/mol. The molecule has 0 saturated carbocycles. The van der Waals surface area contributed by atoms with E-state index in [1.54, 1.807) is 6.92 Å². The number of nitrogens with one attached hydrogen (secondary N) is 1. The average molecular weight is 352 g/mol. The summed E-state index contributed by atoms with van der Waals surface area (Å²) in [6, 6.07) is 18.2. The van der Waals surface area contributed by atoms with Crippen LogP contribution in [0.4, 0.5) is 5.69 Å². The van der Waals surface area contributed by atoms with Gasteiger partial charge < -0.3 is 11.1 Å². The van der Waals surface area contributed by atoms with Crippen LogP contribution in [0.1, 0.15) is 18.1 Å². The van der Waals surface area contributed by atoms with Gasteiger partial charge in [-0.1, -0.05) is 42.5 Å². The normalized spacial score (nSPS) is 17.0. The van der Waals surface area contributed by atoms with E-state index in [1.807, 2.05) is 12.1 Å². The fourth-order valence-electron chi connectivity index (χ4n) is 3.15. The molecular formula is C21H28N4O. The van der Waals surface area contributed by atoms with Crippen molar-refractivity contribution in [3.05, 3.63) is 65.7 Å². The fraction of sp³-hybridized carbons (Fsp3) is 0.381. The highest BCUT2D eigenvalue weighted by molar-refractivity contribution is 5.94. The summed E-state index contributed by atoms with van der Waals surface area (Å²) in [4.78, 5) is 16.6. The third kappa shape index (κ3) is 5.39. The summed E-state index contributed by atoms with van der Waals surface area (Å²) in [6.45, 7) is 8.01. The molecule has 0 unspecified atom stereocenters. The van der Waals surface area contributed by atoms with Gasteiger partial charge >= 0.3 is 0 Å². The molecule has 1 atom stereocenters. The number of nitrogens with two attached hydrogens (primary N) is 1. The van der Waals surface area contributed by atoms with Gasteiger partial charge in [0.1, 0.15) is 0 Å². The maximum atomic E-state index is 11.6. The Bertz CT molecular complexity index is 692. The first kappa shape index (κ1) is 18.6. The number of rotatable bonds is 6. The van der Waals surface area contributed by atoms with E-state index in [1.165, 1.54) is 11.1 Å². The standard InChI is InChI=1S/C21H28N4O/c1-17(22)21(26)23-20-9-7-19(8-10-20)16-25-13-11-24(12-14-25)15-18-5-3-2-4-6-18/h2-10,17H,11-16,22H2,1H3,(H,23,26)/t17-/m0/s1. The minimum absolute atomic E-state index is 0.160. The van der Waals surface area contributed by atoms with Crippen LogP contribution >= 0.6 is 0 Å². The Labute approximate surface area is 155 Å². The van der Waals surface area contributed by atoms with E-state index in [-0.39, 0.29) is 5.91 Å². The van der Waals surface area contributed by atoms with E-state index in [0.29, 0.717) is 0 Å². The Balaban J connectivity index is 1.45. The van der Waals surface area contributed by atoms with Gasteiger partial charge in [0.15, 0.2) is 0 Å². The van der Waals surface area contributed by atoms with Crippen molar-refractivity contribution in [1.82, 2.24) is 9.80 Å². The average Bonchev–Trinajstić information content (AvgIpc) is 2.66.